The van der Waals surface area contributed by atoms with Gasteiger partial charge >= 0.3 is 6.18 Å². The molecule has 1 fully saturated rings. The fourth-order valence-corrected chi connectivity index (χ4v) is 2.99. The second kappa shape index (κ2) is 7.26. The maximum atomic E-state index is 12.9. The van der Waals surface area contributed by atoms with Gasteiger partial charge < -0.3 is 4.74 Å². The van der Waals surface area contributed by atoms with Crippen molar-refractivity contribution >= 4 is 0 Å². The molecule has 3 rings (SSSR count). The first-order valence-electron chi connectivity index (χ1n) is 8.13. The number of halogens is 3. The smallest absolute Gasteiger partial charge is 0.416 e. The quantitative estimate of drug-likeness (QED) is 0.769. The van der Waals surface area contributed by atoms with E-state index in [1.165, 1.54) is 6.07 Å². The molecule has 0 saturated carbocycles. The molecule has 0 bridgehead atoms. The normalized spacial score (nSPS) is 17.0. The number of alkyl halides is 3. The molecule has 2 aromatic carbocycles. The van der Waals surface area contributed by atoms with Gasteiger partial charge in [0, 0.05) is 6.54 Å². The average molecular weight is 335 g/mol. The minimum absolute atomic E-state index is 0.248. The van der Waals surface area contributed by atoms with E-state index >= 15 is 0 Å². The van der Waals surface area contributed by atoms with Gasteiger partial charge in [0.1, 0.15) is 11.9 Å². The molecule has 0 amide bonds. The van der Waals surface area contributed by atoms with Gasteiger partial charge in [0.2, 0.25) is 0 Å². The van der Waals surface area contributed by atoms with Crippen molar-refractivity contribution in [2.45, 2.75) is 25.1 Å². The van der Waals surface area contributed by atoms with Gasteiger partial charge in [-0.15, -0.1) is 0 Å². The number of nitrogens with zero attached hydrogens (tertiary/aromatic N) is 1. The van der Waals surface area contributed by atoms with Crippen LogP contribution in [-0.2, 0) is 6.18 Å². The molecule has 5 heteroatoms. The van der Waals surface area contributed by atoms with Gasteiger partial charge in [0.05, 0.1) is 5.56 Å². The van der Waals surface area contributed by atoms with Crippen molar-refractivity contribution in [2.75, 3.05) is 19.6 Å². The van der Waals surface area contributed by atoms with Crippen LogP contribution in [0, 0.1) is 0 Å². The molecule has 0 spiro atoms. The fourth-order valence-electron chi connectivity index (χ4n) is 2.99. The molecule has 2 aromatic rings. The second-order valence-electron chi connectivity index (χ2n) is 6.05. The lowest BCUT2D eigenvalue weighted by Gasteiger charge is -2.25. The van der Waals surface area contributed by atoms with Gasteiger partial charge in [-0.1, -0.05) is 36.4 Å². The molecule has 2 nitrogen and oxygen atoms in total. The van der Waals surface area contributed by atoms with E-state index in [1.54, 1.807) is 6.07 Å². The molecule has 1 aliphatic rings. The number of hydrogen-bond acceptors (Lipinski definition) is 2. The summed E-state index contributed by atoms with van der Waals surface area (Å²) in [6.07, 6.45) is -2.33. The average Bonchev–Trinajstić information content (AvgIpc) is 3.08. The molecule has 1 heterocycles. The topological polar surface area (TPSA) is 12.5 Å². The predicted octanol–water partition coefficient (Wildman–Crippen LogP) is 4.92. The van der Waals surface area contributed by atoms with Crippen LogP contribution in [0.25, 0.3) is 0 Å². The number of rotatable bonds is 5. The van der Waals surface area contributed by atoms with Crippen molar-refractivity contribution in [3.05, 3.63) is 65.7 Å². The Labute approximate surface area is 139 Å². The zero-order valence-corrected chi connectivity index (χ0v) is 13.3. The van der Waals surface area contributed by atoms with Crippen molar-refractivity contribution in [1.82, 2.24) is 4.90 Å². The van der Waals surface area contributed by atoms with Crippen molar-refractivity contribution in [2.24, 2.45) is 0 Å². The maximum Gasteiger partial charge on any atom is 0.416 e. The monoisotopic (exact) mass is 335 g/mol. The van der Waals surface area contributed by atoms with Crippen LogP contribution in [0.5, 0.6) is 5.75 Å². The Morgan fingerprint density at radius 3 is 2.33 bits per heavy atom. The molecule has 24 heavy (non-hydrogen) atoms. The van der Waals surface area contributed by atoms with Gasteiger partial charge in [0.25, 0.3) is 0 Å². The largest absolute Gasteiger partial charge is 0.484 e. The van der Waals surface area contributed by atoms with Crippen LogP contribution in [0.2, 0.25) is 0 Å². The minimum atomic E-state index is -4.36. The predicted molar refractivity (Wildman–Crippen MR) is 86.9 cm³/mol. The molecule has 0 N–H and O–H groups in total. The molecule has 1 saturated heterocycles. The third-order valence-electron chi connectivity index (χ3n) is 4.23. The summed E-state index contributed by atoms with van der Waals surface area (Å²) in [6.45, 7) is 2.70. The summed E-state index contributed by atoms with van der Waals surface area (Å²) in [6, 6.07) is 14.8. The fraction of sp³-hybridized carbons (Fsp3) is 0.368. The Morgan fingerprint density at radius 1 is 0.958 bits per heavy atom. The minimum Gasteiger partial charge on any atom is -0.484 e. The molecule has 1 atom stereocenters. The Kier molecular flexibility index (Phi) is 5.09. The van der Waals surface area contributed by atoms with Gasteiger partial charge in [-0.3, -0.25) is 4.90 Å². The molecular weight excluding hydrogens is 315 g/mol. The van der Waals surface area contributed by atoms with Crippen LogP contribution in [0.3, 0.4) is 0 Å². The van der Waals surface area contributed by atoms with Crippen LogP contribution >= 0.6 is 0 Å². The highest BCUT2D eigenvalue weighted by Crippen LogP contribution is 2.33. The first-order chi connectivity index (χ1) is 11.5. The van der Waals surface area contributed by atoms with Crippen molar-refractivity contribution in [3.8, 4) is 5.75 Å². The highest BCUT2D eigenvalue weighted by Gasteiger charge is 2.31. The SMILES string of the molecule is FC(F)(F)c1cccc(O[C@H](CN2CCCC2)c2ccccc2)c1. The zero-order chi connectivity index (χ0) is 17.0. The van der Waals surface area contributed by atoms with E-state index in [0.29, 0.717) is 6.54 Å². The summed E-state index contributed by atoms with van der Waals surface area (Å²) >= 11 is 0. The summed E-state index contributed by atoms with van der Waals surface area (Å²) < 4.78 is 44.6. The number of ether oxygens (including phenoxy) is 1. The molecule has 0 radical (unpaired) electrons. The molecule has 0 unspecified atom stereocenters. The van der Waals surface area contributed by atoms with E-state index in [-0.39, 0.29) is 11.9 Å². The highest BCUT2D eigenvalue weighted by molar-refractivity contribution is 5.31. The molecule has 0 aromatic heterocycles. The standard InChI is InChI=1S/C19H20F3NO/c20-19(21,22)16-9-6-10-17(13-16)24-18(14-23-11-4-5-12-23)15-7-2-1-3-8-15/h1-3,6-10,13,18H,4-5,11-12,14H2/t18-/m1/s1. The van der Waals surface area contributed by atoms with E-state index in [4.69, 9.17) is 4.74 Å². The lowest BCUT2D eigenvalue weighted by atomic mass is 10.1. The Balaban J connectivity index is 1.81. The molecule has 1 aliphatic heterocycles. The lowest BCUT2D eigenvalue weighted by molar-refractivity contribution is -0.137. The van der Waals surface area contributed by atoms with Gasteiger partial charge in [0.15, 0.2) is 0 Å². The van der Waals surface area contributed by atoms with Crippen LogP contribution in [0.4, 0.5) is 13.2 Å². The van der Waals surface area contributed by atoms with E-state index in [0.717, 1.165) is 43.6 Å². The second-order valence-corrected chi connectivity index (χ2v) is 6.05. The Bertz CT molecular complexity index is 651. The summed E-state index contributed by atoms with van der Waals surface area (Å²) in [5.74, 6) is 0.248. The first-order valence-corrected chi connectivity index (χ1v) is 8.13. The number of benzene rings is 2. The zero-order valence-electron chi connectivity index (χ0n) is 13.3. The van der Waals surface area contributed by atoms with Crippen LogP contribution in [-0.4, -0.2) is 24.5 Å². The first kappa shape index (κ1) is 16.8. The molecular formula is C19H20F3NO. The molecule has 0 aliphatic carbocycles. The summed E-state index contributed by atoms with van der Waals surface area (Å²) in [7, 11) is 0. The third kappa shape index (κ3) is 4.29. The molecule has 128 valence electrons. The summed E-state index contributed by atoms with van der Waals surface area (Å²) in [4.78, 5) is 2.30. The van der Waals surface area contributed by atoms with Crippen molar-refractivity contribution < 1.29 is 17.9 Å². The van der Waals surface area contributed by atoms with Crippen LogP contribution in [0.15, 0.2) is 54.6 Å². The Hall–Kier alpha value is -2.01. The summed E-state index contributed by atoms with van der Waals surface area (Å²) in [5.41, 5.74) is 0.287. The van der Waals surface area contributed by atoms with E-state index in [9.17, 15) is 13.2 Å². The van der Waals surface area contributed by atoms with Crippen molar-refractivity contribution in [1.29, 1.82) is 0 Å². The van der Waals surface area contributed by atoms with Crippen molar-refractivity contribution in [3.63, 3.8) is 0 Å². The number of hydrogen-bond donors (Lipinski definition) is 0. The van der Waals surface area contributed by atoms with Gasteiger partial charge in [-0.25, -0.2) is 0 Å². The van der Waals surface area contributed by atoms with E-state index < -0.39 is 11.7 Å². The highest BCUT2D eigenvalue weighted by atomic mass is 19.4. The number of likely N-dealkylation sites (tertiary alicyclic amines) is 1. The van der Waals surface area contributed by atoms with E-state index in [2.05, 4.69) is 4.90 Å². The lowest BCUT2D eigenvalue weighted by Crippen LogP contribution is -2.28. The van der Waals surface area contributed by atoms with Gasteiger partial charge in [-0.05, 0) is 49.7 Å². The van der Waals surface area contributed by atoms with Gasteiger partial charge in [-0.2, -0.15) is 13.2 Å². The summed E-state index contributed by atoms with van der Waals surface area (Å²) in [5, 5.41) is 0. The third-order valence-corrected chi connectivity index (χ3v) is 4.23. The van der Waals surface area contributed by atoms with Crippen LogP contribution < -0.4 is 4.74 Å². The maximum absolute atomic E-state index is 12.9. The Morgan fingerprint density at radius 2 is 1.67 bits per heavy atom. The van der Waals surface area contributed by atoms with Crippen LogP contribution in [0.1, 0.15) is 30.1 Å². The van der Waals surface area contributed by atoms with E-state index in [1.807, 2.05) is 30.3 Å².